The number of benzene rings is 2. The summed E-state index contributed by atoms with van der Waals surface area (Å²) in [7, 11) is 1.89. The van der Waals surface area contributed by atoms with Gasteiger partial charge in [0.05, 0.1) is 6.61 Å². The molecule has 2 aromatic rings. The molecule has 0 radical (unpaired) electrons. The minimum Gasteiger partial charge on any atom is -0.481 e. The van der Waals surface area contributed by atoms with E-state index in [4.69, 9.17) is 21.4 Å². The molecular weight excluding hydrogens is 328 g/mol. The summed E-state index contributed by atoms with van der Waals surface area (Å²) >= 11 is 5.82. The topological polar surface area (TPSA) is 61.8 Å². The van der Waals surface area contributed by atoms with Gasteiger partial charge in [0, 0.05) is 30.0 Å². The maximum absolute atomic E-state index is 12.2. The van der Waals surface area contributed by atoms with E-state index in [0.717, 1.165) is 5.69 Å². The molecule has 2 aromatic carbocycles. The molecule has 1 amide bonds. The van der Waals surface area contributed by atoms with Crippen LogP contribution in [0, 0.1) is 0 Å². The number of likely N-dealkylation sites (N-methyl/N-ethyl adjacent to an activating group) is 1. The number of hydrogen-bond donors (Lipinski definition) is 2. The molecule has 1 atom stereocenters. The van der Waals surface area contributed by atoms with Crippen molar-refractivity contribution in [2.75, 3.05) is 30.4 Å². The summed E-state index contributed by atoms with van der Waals surface area (Å²) < 4.78 is 5.59. The third-order valence-electron chi connectivity index (χ3n) is 3.51. The van der Waals surface area contributed by atoms with Crippen LogP contribution in [0.4, 0.5) is 11.4 Å². The average molecular weight is 349 g/mol. The van der Waals surface area contributed by atoms with E-state index >= 15 is 0 Å². The predicted molar refractivity (Wildman–Crippen MR) is 97.0 cm³/mol. The molecule has 5 nitrogen and oxygen atoms in total. The minimum absolute atomic E-state index is 0.0918. The van der Waals surface area contributed by atoms with E-state index in [-0.39, 0.29) is 12.5 Å². The molecule has 0 fully saturated rings. The highest BCUT2D eigenvalue weighted by molar-refractivity contribution is 6.30. The number of carbonyl (C=O) groups is 1. The van der Waals surface area contributed by atoms with Gasteiger partial charge in [0.15, 0.2) is 6.10 Å². The first-order valence-corrected chi connectivity index (χ1v) is 8.02. The van der Waals surface area contributed by atoms with E-state index in [2.05, 4.69) is 5.32 Å². The SMILES string of the molecule is CC(Oc1ccc(Cl)cc1)C(=O)Nc1ccc(N(C)CCO)cc1. The van der Waals surface area contributed by atoms with E-state index < -0.39 is 6.10 Å². The van der Waals surface area contributed by atoms with Gasteiger partial charge in [-0.2, -0.15) is 0 Å². The Balaban J connectivity index is 1.92. The lowest BCUT2D eigenvalue weighted by atomic mass is 10.2. The Hall–Kier alpha value is -2.24. The highest BCUT2D eigenvalue weighted by atomic mass is 35.5. The maximum Gasteiger partial charge on any atom is 0.265 e. The highest BCUT2D eigenvalue weighted by Crippen LogP contribution is 2.19. The van der Waals surface area contributed by atoms with Crippen LogP contribution in [0.5, 0.6) is 5.75 Å². The summed E-state index contributed by atoms with van der Waals surface area (Å²) in [6.45, 7) is 2.33. The molecule has 2 rings (SSSR count). The van der Waals surface area contributed by atoms with Gasteiger partial charge in [-0.1, -0.05) is 11.6 Å². The third kappa shape index (κ3) is 5.15. The first kappa shape index (κ1) is 18.1. The van der Waals surface area contributed by atoms with Crippen LogP contribution in [0.1, 0.15) is 6.92 Å². The van der Waals surface area contributed by atoms with Gasteiger partial charge in [-0.25, -0.2) is 0 Å². The van der Waals surface area contributed by atoms with Crippen molar-refractivity contribution in [2.24, 2.45) is 0 Å². The van der Waals surface area contributed by atoms with Gasteiger partial charge in [0.2, 0.25) is 0 Å². The second-order valence-corrected chi connectivity index (χ2v) is 5.83. The van der Waals surface area contributed by atoms with Crippen LogP contribution in [-0.4, -0.2) is 37.3 Å². The van der Waals surface area contributed by atoms with Crippen molar-refractivity contribution in [3.8, 4) is 5.75 Å². The molecule has 2 N–H and O–H groups in total. The van der Waals surface area contributed by atoms with Gasteiger partial charge >= 0.3 is 0 Å². The maximum atomic E-state index is 12.2. The number of nitrogens with zero attached hydrogens (tertiary/aromatic N) is 1. The van der Waals surface area contributed by atoms with E-state index in [1.54, 1.807) is 31.2 Å². The fourth-order valence-corrected chi connectivity index (χ4v) is 2.22. The molecule has 0 heterocycles. The largest absolute Gasteiger partial charge is 0.481 e. The van der Waals surface area contributed by atoms with Crippen LogP contribution in [0.15, 0.2) is 48.5 Å². The lowest BCUT2D eigenvalue weighted by molar-refractivity contribution is -0.122. The van der Waals surface area contributed by atoms with Gasteiger partial charge < -0.3 is 20.1 Å². The molecule has 0 saturated carbocycles. The lowest BCUT2D eigenvalue weighted by Crippen LogP contribution is -2.30. The summed E-state index contributed by atoms with van der Waals surface area (Å²) in [4.78, 5) is 14.1. The van der Waals surface area contributed by atoms with Crippen molar-refractivity contribution in [3.63, 3.8) is 0 Å². The number of nitrogens with one attached hydrogen (secondary N) is 1. The molecule has 0 aromatic heterocycles. The van der Waals surface area contributed by atoms with Gasteiger partial charge in [0.25, 0.3) is 5.91 Å². The summed E-state index contributed by atoms with van der Waals surface area (Å²) in [5, 5.41) is 12.4. The van der Waals surface area contributed by atoms with Crippen molar-refractivity contribution in [2.45, 2.75) is 13.0 Å². The lowest BCUT2D eigenvalue weighted by Gasteiger charge is -2.19. The number of carbonyl (C=O) groups excluding carboxylic acids is 1. The zero-order chi connectivity index (χ0) is 17.5. The summed E-state index contributed by atoms with van der Waals surface area (Å²) in [6.07, 6.45) is -0.636. The number of aliphatic hydroxyl groups is 1. The van der Waals surface area contributed by atoms with Crippen molar-refractivity contribution < 1.29 is 14.6 Å². The van der Waals surface area contributed by atoms with E-state index in [1.807, 2.05) is 36.2 Å². The van der Waals surface area contributed by atoms with E-state index in [9.17, 15) is 4.79 Å². The van der Waals surface area contributed by atoms with E-state index in [1.165, 1.54) is 0 Å². The van der Waals surface area contributed by atoms with Crippen molar-refractivity contribution >= 4 is 28.9 Å². The van der Waals surface area contributed by atoms with Crippen molar-refractivity contribution in [1.29, 1.82) is 0 Å². The third-order valence-corrected chi connectivity index (χ3v) is 3.76. The first-order chi connectivity index (χ1) is 11.5. The fourth-order valence-electron chi connectivity index (χ4n) is 2.09. The number of anilines is 2. The van der Waals surface area contributed by atoms with Crippen LogP contribution < -0.4 is 15.0 Å². The van der Waals surface area contributed by atoms with Gasteiger partial charge in [-0.3, -0.25) is 4.79 Å². The minimum atomic E-state index is -0.636. The predicted octanol–water partition coefficient (Wildman–Crippen LogP) is 3.17. The Morgan fingerprint density at radius 2 is 1.83 bits per heavy atom. The average Bonchev–Trinajstić information content (AvgIpc) is 2.57. The van der Waals surface area contributed by atoms with Gasteiger partial charge in [-0.15, -0.1) is 0 Å². The fraction of sp³-hybridized carbons (Fsp3) is 0.278. The second kappa shape index (κ2) is 8.57. The van der Waals surface area contributed by atoms with Gasteiger partial charge in [-0.05, 0) is 55.5 Å². The smallest absolute Gasteiger partial charge is 0.265 e. The molecule has 128 valence electrons. The highest BCUT2D eigenvalue weighted by Gasteiger charge is 2.15. The summed E-state index contributed by atoms with van der Waals surface area (Å²) in [5.41, 5.74) is 1.65. The van der Waals surface area contributed by atoms with E-state index in [0.29, 0.717) is 23.0 Å². The monoisotopic (exact) mass is 348 g/mol. The zero-order valence-corrected chi connectivity index (χ0v) is 14.5. The Kier molecular flexibility index (Phi) is 6.46. The zero-order valence-electron chi connectivity index (χ0n) is 13.7. The molecule has 0 spiro atoms. The van der Waals surface area contributed by atoms with Crippen LogP contribution in [0.25, 0.3) is 0 Å². The van der Waals surface area contributed by atoms with Gasteiger partial charge in [0.1, 0.15) is 5.75 Å². The van der Waals surface area contributed by atoms with Crippen LogP contribution >= 0.6 is 11.6 Å². The summed E-state index contributed by atoms with van der Waals surface area (Å²) in [6, 6.07) is 14.3. The Bertz CT molecular complexity index is 659. The number of aliphatic hydroxyl groups excluding tert-OH is 1. The van der Waals surface area contributed by atoms with Crippen molar-refractivity contribution in [3.05, 3.63) is 53.6 Å². The Morgan fingerprint density at radius 1 is 1.21 bits per heavy atom. The number of hydrogen-bond acceptors (Lipinski definition) is 4. The quantitative estimate of drug-likeness (QED) is 0.806. The van der Waals surface area contributed by atoms with Crippen LogP contribution in [-0.2, 0) is 4.79 Å². The molecule has 0 aliphatic heterocycles. The normalized spacial score (nSPS) is 11.7. The molecule has 0 aliphatic carbocycles. The molecular formula is C18H21ClN2O3. The summed E-state index contributed by atoms with van der Waals surface area (Å²) in [5.74, 6) is 0.351. The Labute approximate surface area is 146 Å². The van der Waals surface area contributed by atoms with Crippen LogP contribution in [0.3, 0.4) is 0 Å². The molecule has 1 unspecified atom stereocenters. The first-order valence-electron chi connectivity index (χ1n) is 7.64. The van der Waals surface area contributed by atoms with Crippen LogP contribution in [0.2, 0.25) is 5.02 Å². The number of amides is 1. The Morgan fingerprint density at radius 3 is 2.42 bits per heavy atom. The second-order valence-electron chi connectivity index (χ2n) is 5.40. The van der Waals surface area contributed by atoms with Crippen molar-refractivity contribution in [1.82, 2.24) is 0 Å². The molecule has 0 saturated heterocycles. The molecule has 0 aliphatic rings. The number of ether oxygens (including phenoxy) is 1. The number of halogens is 1. The number of rotatable bonds is 7. The standard InChI is InChI=1S/C18H21ClN2O3/c1-13(24-17-9-3-14(19)4-10-17)18(23)20-15-5-7-16(8-6-15)21(2)11-12-22/h3-10,13,22H,11-12H2,1-2H3,(H,20,23). The molecule has 6 heteroatoms. The molecule has 0 bridgehead atoms. The molecule has 24 heavy (non-hydrogen) atoms.